The highest BCUT2D eigenvalue weighted by atomic mass is 16.6. The molecule has 0 aromatic rings. The molecule has 0 aliphatic carbocycles. The van der Waals surface area contributed by atoms with Crippen molar-refractivity contribution in [1.29, 1.82) is 0 Å². The van der Waals surface area contributed by atoms with Crippen molar-refractivity contribution < 1.29 is 19.1 Å². The van der Waals surface area contributed by atoms with Gasteiger partial charge in [0.05, 0.1) is 0 Å². The summed E-state index contributed by atoms with van der Waals surface area (Å²) >= 11 is 0. The van der Waals surface area contributed by atoms with Crippen LogP contribution in [0.5, 0.6) is 0 Å². The molecule has 1 atom stereocenters. The highest BCUT2D eigenvalue weighted by molar-refractivity contribution is 5.86. The van der Waals surface area contributed by atoms with Gasteiger partial charge in [-0.2, -0.15) is 0 Å². The molecule has 1 rings (SSSR count). The molecular formula is C11H18O4. The molecule has 0 N–H and O–H groups in total. The maximum absolute atomic E-state index is 10.9. The molecule has 15 heavy (non-hydrogen) atoms. The van der Waals surface area contributed by atoms with Crippen LogP contribution in [0.4, 0.5) is 0 Å². The highest BCUT2D eigenvalue weighted by Crippen LogP contribution is 2.13. The summed E-state index contributed by atoms with van der Waals surface area (Å²) in [6.07, 6.45) is 0.772. The fourth-order valence-corrected chi connectivity index (χ4v) is 0.992. The average Bonchev–Trinajstić information content (AvgIpc) is 2.63. The summed E-state index contributed by atoms with van der Waals surface area (Å²) < 4.78 is 9.67. The molecule has 0 bridgehead atoms. The molecule has 0 aromatic heterocycles. The van der Waals surface area contributed by atoms with E-state index in [-0.39, 0.29) is 18.7 Å². The fraction of sp³-hybridized carbons (Fsp3) is 0.636. The van der Waals surface area contributed by atoms with Gasteiger partial charge < -0.3 is 9.47 Å². The van der Waals surface area contributed by atoms with Gasteiger partial charge in [-0.25, -0.2) is 4.79 Å². The number of ether oxygens (including phenoxy) is 2. The van der Waals surface area contributed by atoms with Crippen LogP contribution >= 0.6 is 0 Å². The van der Waals surface area contributed by atoms with Gasteiger partial charge in [0.25, 0.3) is 0 Å². The summed E-state index contributed by atoms with van der Waals surface area (Å²) in [7, 11) is 0. The summed E-state index contributed by atoms with van der Waals surface area (Å²) in [5.41, 5.74) is 0.351. The summed E-state index contributed by atoms with van der Waals surface area (Å²) in [5, 5.41) is 0. The van der Waals surface area contributed by atoms with Crippen LogP contribution in [0, 0.1) is 0 Å². The fourth-order valence-electron chi connectivity index (χ4n) is 0.992. The highest BCUT2D eigenvalue weighted by Gasteiger charge is 2.24. The Labute approximate surface area is 90.2 Å². The first kappa shape index (κ1) is 13.7. The Morgan fingerprint density at radius 2 is 2.20 bits per heavy atom. The van der Waals surface area contributed by atoms with E-state index in [0.29, 0.717) is 18.4 Å². The number of hydrogen-bond acceptors (Lipinski definition) is 4. The van der Waals surface area contributed by atoms with Crippen LogP contribution in [0.3, 0.4) is 0 Å². The van der Waals surface area contributed by atoms with E-state index in [1.807, 2.05) is 13.8 Å². The third-order valence-corrected chi connectivity index (χ3v) is 1.72. The number of cyclic esters (lactones) is 1. The zero-order chi connectivity index (χ0) is 11.8. The predicted octanol–water partition coefficient (Wildman–Crippen LogP) is 1.84. The van der Waals surface area contributed by atoms with Crippen molar-refractivity contribution in [3.05, 3.63) is 12.2 Å². The minimum absolute atomic E-state index is 0.136. The lowest BCUT2D eigenvalue weighted by molar-refractivity contribution is -0.150. The van der Waals surface area contributed by atoms with Crippen molar-refractivity contribution >= 4 is 11.9 Å². The van der Waals surface area contributed by atoms with E-state index >= 15 is 0 Å². The SMILES string of the molecule is C=C(C)C(=O)OCC1CCC(=O)O1.CC. The summed E-state index contributed by atoms with van der Waals surface area (Å²) in [6, 6.07) is 0. The van der Waals surface area contributed by atoms with Crippen molar-refractivity contribution in [1.82, 2.24) is 0 Å². The quantitative estimate of drug-likeness (QED) is 0.531. The van der Waals surface area contributed by atoms with E-state index in [4.69, 9.17) is 9.47 Å². The zero-order valence-corrected chi connectivity index (χ0v) is 9.54. The first-order chi connectivity index (χ1) is 7.09. The largest absolute Gasteiger partial charge is 0.459 e. The standard InChI is InChI=1S/C9H12O4.C2H6/c1-6(2)9(11)12-5-7-3-4-8(10)13-7;1-2/h7H,1,3-5H2,2H3;1-2H3. The van der Waals surface area contributed by atoms with Crippen LogP contribution in [-0.2, 0) is 19.1 Å². The number of carbonyl (C=O) groups is 2. The normalized spacial score (nSPS) is 18.6. The van der Waals surface area contributed by atoms with Crippen molar-refractivity contribution in [2.75, 3.05) is 6.61 Å². The van der Waals surface area contributed by atoms with E-state index in [9.17, 15) is 9.59 Å². The molecule has 0 amide bonds. The summed E-state index contributed by atoms with van der Waals surface area (Å²) in [5.74, 6) is -0.667. The lowest BCUT2D eigenvalue weighted by Gasteiger charge is -2.09. The van der Waals surface area contributed by atoms with Gasteiger partial charge in [-0.15, -0.1) is 0 Å². The van der Waals surface area contributed by atoms with Gasteiger partial charge in [-0.3, -0.25) is 4.79 Å². The first-order valence-corrected chi connectivity index (χ1v) is 5.11. The molecule has 1 aliphatic heterocycles. The number of rotatable bonds is 3. The maximum Gasteiger partial charge on any atom is 0.333 e. The van der Waals surface area contributed by atoms with E-state index in [2.05, 4.69) is 6.58 Å². The molecule has 1 saturated heterocycles. The van der Waals surface area contributed by atoms with Crippen molar-refractivity contribution in [3.63, 3.8) is 0 Å². The molecule has 0 spiro atoms. The Bertz CT molecular complexity index is 245. The van der Waals surface area contributed by atoms with Crippen LogP contribution < -0.4 is 0 Å². The van der Waals surface area contributed by atoms with Crippen LogP contribution in [0.2, 0.25) is 0 Å². The van der Waals surface area contributed by atoms with E-state index in [1.54, 1.807) is 6.92 Å². The third kappa shape index (κ3) is 5.20. The smallest absolute Gasteiger partial charge is 0.333 e. The Kier molecular flexibility index (Phi) is 6.42. The number of esters is 2. The second kappa shape index (κ2) is 7.04. The van der Waals surface area contributed by atoms with Crippen molar-refractivity contribution in [2.45, 2.75) is 39.7 Å². The van der Waals surface area contributed by atoms with E-state index < -0.39 is 5.97 Å². The van der Waals surface area contributed by atoms with Gasteiger partial charge in [0.2, 0.25) is 0 Å². The second-order valence-electron chi connectivity index (χ2n) is 3.03. The van der Waals surface area contributed by atoms with E-state index in [0.717, 1.165) is 0 Å². The lowest BCUT2D eigenvalue weighted by Crippen LogP contribution is -2.18. The molecule has 4 nitrogen and oxygen atoms in total. The Morgan fingerprint density at radius 3 is 2.60 bits per heavy atom. The molecule has 4 heteroatoms. The molecule has 0 saturated carbocycles. The van der Waals surface area contributed by atoms with Gasteiger partial charge in [-0.05, 0) is 13.3 Å². The molecule has 1 fully saturated rings. The minimum Gasteiger partial charge on any atom is -0.459 e. The average molecular weight is 214 g/mol. The Balaban J connectivity index is 0.000000921. The number of hydrogen-bond donors (Lipinski definition) is 0. The molecule has 1 unspecified atom stereocenters. The van der Waals surface area contributed by atoms with Gasteiger partial charge in [0, 0.05) is 12.0 Å². The summed E-state index contributed by atoms with van der Waals surface area (Å²) in [4.78, 5) is 21.6. The van der Waals surface area contributed by atoms with Crippen LogP contribution in [0.1, 0.15) is 33.6 Å². The topological polar surface area (TPSA) is 52.6 Å². The van der Waals surface area contributed by atoms with E-state index in [1.165, 1.54) is 0 Å². The predicted molar refractivity (Wildman–Crippen MR) is 56.2 cm³/mol. The monoisotopic (exact) mass is 214 g/mol. The minimum atomic E-state index is -0.442. The van der Waals surface area contributed by atoms with Crippen molar-refractivity contribution in [3.8, 4) is 0 Å². The van der Waals surface area contributed by atoms with Gasteiger partial charge in [0.15, 0.2) is 0 Å². The van der Waals surface area contributed by atoms with Crippen LogP contribution in [0.15, 0.2) is 12.2 Å². The Hall–Kier alpha value is -1.32. The number of carbonyl (C=O) groups excluding carboxylic acids is 2. The van der Waals surface area contributed by atoms with Gasteiger partial charge in [-0.1, -0.05) is 20.4 Å². The van der Waals surface area contributed by atoms with Crippen LogP contribution in [0.25, 0.3) is 0 Å². The first-order valence-electron chi connectivity index (χ1n) is 5.11. The molecule has 86 valence electrons. The maximum atomic E-state index is 10.9. The molecule has 0 aromatic carbocycles. The third-order valence-electron chi connectivity index (χ3n) is 1.72. The Morgan fingerprint density at radius 1 is 1.60 bits per heavy atom. The van der Waals surface area contributed by atoms with Gasteiger partial charge >= 0.3 is 11.9 Å². The summed E-state index contributed by atoms with van der Waals surface area (Å²) in [6.45, 7) is 9.14. The molecule has 1 aliphatic rings. The zero-order valence-electron chi connectivity index (χ0n) is 9.54. The molecule has 1 heterocycles. The van der Waals surface area contributed by atoms with Crippen molar-refractivity contribution in [2.24, 2.45) is 0 Å². The molecule has 0 radical (unpaired) electrons. The van der Waals surface area contributed by atoms with Crippen LogP contribution in [-0.4, -0.2) is 24.6 Å². The second-order valence-corrected chi connectivity index (χ2v) is 3.03. The lowest BCUT2D eigenvalue weighted by atomic mass is 10.2. The molecular weight excluding hydrogens is 196 g/mol. The van der Waals surface area contributed by atoms with Gasteiger partial charge in [0.1, 0.15) is 12.7 Å².